The van der Waals surface area contributed by atoms with E-state index in [1.165, 1.54) is 14.0 Å². The van der Waals surface area contributed by atoms with Gasteiger partial charge in [-0.15, -0.1) is 0 Å². The zero-order chi connectivity index (χ0) is 13.7. The maximum atomic E-state index is 11.2. The molecule has 1 amide bonds. The molecule has 1 unspecified atom stereocenters. The molecule has 1 atom stereocenters. The number of hydrazine groups is 1. The summed E-state index contributed by atoms with van der Waals surface area (Å²) in [6.07, 6.45) is -0.757. The topological polar surface area (TPSA) is 90.6 Å². The van der Waals surface area contributed by atoms with Crippen molar-refractivity contribution in [1.82, 2.24) is 5.43 Å². The van der Waals surface area contributed by atoms with Gasteiger partial charge < -0.3 is 9.47 Å². The molecule has 0 fully saturated rings. The minimum Gasteiger partial charge on any atom is -0.493 e. The van der Waals surface area contributed by atoms with Gasteiger partial charge in [0.2, 0.25) is 0 Å². The molecule has 1 rings (SSSR count). The van der Waals surface area contributed by atoms with Crippen molar-refractivity contribution in [2.75, 3.05) is 7.11 Å². The van der Waals surface area contributed by atoms with Crippen molar-refractivity contribution in [3.63, 3.8) is 0 Å². The molecule has 0 aliphatic carbocycles. The van der Waals surface area contributed by atoms with Gasteiger partial charge in [-0.05, 0) is 32.0 Å². The second kappa shape index (κ2) is 6.02. The fraction of sp³-hybridized carbons (Fsp3) is 0.333. The smallest absolute Gasteiger partial charge is 0.274 e. The number of nitrogens with one attached hydrogen (secondary N) is 1. The molecule has 0 aliphatic heterocycles. The Morgan fingerprint density at radius 2 is 2.00 bits per heavy atom. The van der Waals surface area contributed by atoms with Crippen LogP contribution in [0.2, 0.25) is 0 Å². The van der Waals surface area contributed by atoms with Gasteiger partial charge in [0.15, 0.2) is 23.4 Å². The van der Waals surface area contributed by atoms with Gasteiger partial charge in [0.1, 0.15) is 0 Å². The number of rotatable bonds is 5. The lowest BCUT2D eigenvalue weighted by molar-refractivity contribution is -0.127. The lowest BCUT2D eigenvalue weighted by Gasteiger charge is -2.15. The van der Waals surface area contributed by atoms with Crippen LogP contribution in [-0.2, 0) is 4.79 Å². The van der Waals surface area contributed by atoms with E-state index in [9.17, 15) is 9.59 Å². The molecule has 0 spiro atoms. The van der Waals surface area contributed by atoms with Crippen LogP contribution >= 0.6 is 0 Å². The molecular formula is C12H16N2O4. The Bertz CT molecular complexity index is 459. The summed E-state index contributed by atoms with van der Waals surface area (Å²) < 4.78 is 10.5. The van der Waals surface area contributed by atoms with E-state index < -0.39 is 12.0 Å². The first-order valence-electron chi connectivity index (χ1n) is 5.35. The van der Waals surface area contributed by atoms with Gasteiger partial charge in [-0.1, -0.05) is 0 Å². The number of hydrogen-bond donors (Lipinski definition) is 2. The highest BCUT2D eigenvalue weighted by Gasteiger charge is 2.16. The van der Waals surface area contributed by atoms with Gasteiger partial charge in [0.25, 0.3) is 5.91 Å². The van der Waals surface area contributed by atoms with Crippen molar-refractivity contribution in [2.24, 2.45) is 5.84 Å². The number of hydrogen-bond acceptors (Lipinski definition) is 5. The lowest BCUT2D eigenvalue weighted by atomic mass is 10.1. The highest BCUT2D eigenvalue weighted by atomic mass is 16.5. The molecule has 0 radical (unpaired) electrons. The van der Waals surface area contributed by atoms with Crippen LogP contribution in [0.4, 0.5) is 0 Å². The van der Waals surface area contributed by atoms with Gasteiger partial charge in [-0.25, -0.2) is 5.84 Å². The summed E-state index contributed by atoms with van der Waals surface area (Å²) in [5.41, 5.74) is 2.50. The molecule has 6 nitrogen and oxygen atoms in total. The predicted molar refractivity (Wildman–Crippen MR) is 65.4 cm³/mol. The standard InChI is InChI=1S/C12H16N2O4/c1-7(15)9-4-5-10(11(6-9)17-3)18-8(2)12(16)14-13/h4-6,8H,13H2,1-3H3,(H,14,16). The molecule has 0 bridgehead atoms. The van der Waals surface area contributed by atoms with Gasteiger partial charge in [0.05, 0.1) is 7.11 Å². The maximum absolute atomic E-state index is 11.2. The van der Waals surface area contributed by atoms with Crippen LogP contribution in [0.15, 0.2) is 18.2 Å². The van der Waals surface area contributed by atoms with Crippen LogP contribution in [0, 0.1) is 0 Å². The molecule has 1 aromatic rings. The summed E-state index contributed by atoms with van der Waals surface area (Å²) in [5.74, 6) is 5.24. The predicted octanol–water partition coefficient (Wildman–Crippen LogP) is 0.655. The Kier molecular flexibility index (Phi) is 4.67. The van der Waals surface area contributed by atoms with Gasteiger partial charge in [-0.2, -0.15) is 0 Å². The van der Waals surface area contributed by atoms with E-state index in [-0.39, 0.29) is 5.78 Å². The molecule has 18 heavy (non-hydrogen) atoms. The third kappa shape index (κ3) is 3.21. The third-order valence-corrected chi connectivity index (χ3v) is 2.39. The molecule has 3 N–H and O–H groups in total. The molecule has 98 valence electrons. The second-order valence-corrected chi connectivity index (χ2v) is 3.69. The number of ether oxygens (including phenoxy) is 2. The van der Waals surface area contributed by atoms with Crippen molar-refractivity contribution >= 4 is 11.7 Å². The molecule has 0 heterocycles. The van der Waals surface area contributed by atoms with Crippen molar-refractivity contribution in [3.8, 4) is 11.5 Å². The highest BCUT2D eigenvalue weighted by Crippen LogP contribution is 2.29. The van der Waals surface area contributed by atoms with E-state index >= 15 is 0 Å². The number of amides is 1. The Hall–Kier alpha value is -2.08. The summed E-state index contributed by atoms with van der Waals surface area (Å²) in [4.78, 5) is 22.5. The van der Waals surface area contributed by atoms with Crippen molar-refractivity contribution in [3.05, 3.63) is 23.8 Å². The number of ketones is 1. The van der Waals surface area contributed by atoms with E-state index in [1.807, 2.05) is 5.43 Å². The van der Waals surface area contributed by atoms with E-state index in [1.54, 1.807) is 25.1 Å². The zero-order valence-electron chi connectivity index (χ0n) is 10.5. The van der Waals surface area contributed by atoms with Crippen LogP contribution in [0.25, 0.3) is 0 Å². The van der Waals surface area contributed by atoms with E-state index in [4.69, 9.17) is 15.3 Å². The molecule has 0 aliphatic rings. The number of carbonyl (C=O) groups is 2. The van der Waals surface area contributed by atoms with Crippen molar-refractivity contribution in [2.45, 2.75) is 20.0 Å². The van der Waals surface area contributed by atoms with E-state index in [0.29, 0.717) is 17.1 Å². The molecule has 0 saturated carbocycles. The summed E-state index contributed by atoms with van der Waals surface area (Å²) in [7, 11) is 1.46. The first-order chi connectivity index (χ1) is 8.49. The molecule has 6 heteroatoms. The highest BCUT2D eigenvalue weighted by molar-refractivity contribution is 5.94. The molecule has 0 aromatic heterocycles. The summed E-state index contributed by atoms with van der Waals surface area (Å²) in [5, 5.41) is 0. The van der Waals surface area contributed by atoms with Crippen LogP contribution in [0.3, 0.4) is 0 Å². The minimum atomic E-state index is -0.757. The van der Waals surface area contributed by atoms with Crippen LogP contribution < -0.4 is 20.7 Å². The Balaban J connectivity index is 2.96. The van der Waals surface area contributed by atoms with Gasteiger partial charge in [-0.3, -0.25) is 15.0 Å². The molecule has 1 aromatic carbocycles. The summed E-state index contributed by atoms with van der Waals surface area (Å²) in [6.45, 7) is 3.01. The van der Waals surface area contributed by atoms with Crippen LogP contribution in [0.1, 0.15) is 24.2 Å². The third-order valence-electron chi connectivity index (χ3n) is 2.39. The van der Waals surface area contributed by atoms with Gasteiger partial charge in [0, 0.05) is 5.56 Å². The number of methoxy groups -OCH3 is 1. The SMILES string of the molecule is COc1cc(C(C)=O)ccc1OC(C)C(=O)NN. The minimum absolute atomic E-state index is 0.0763. The second-order valence-electron chi connectivity index (χ2n) is 3.69. The zero-order valence-corrected chi connectivity index (χ0v) is 10.5. The Morgan fingerprint density at radius 1 is 1.33 bits per heavy atom. The molecular weight excluding hydrogens is 236 g/mol. The number of nitrogens with two attached hydrogens (primary N) is 1. The van der Waals surface area contributed by atoms with Crippen LogP contribution in [-0.4, -0.2) is 24.9 Å². The normalized spacial score (nSPS) is 11.6. The Morgan fingerprint density at radius 3 is 2.50 bits per heavy atom. The quantitative estimate of drug-likeness (QED) is 0.347. The monoisotopic (exact) mass is 252 g/mol. The number of carbonyl (C=O) groups excluding carboxylic acids is 2. The van der Waals surface area contributed by atoms with Gasteiger partial charge >= 0.3 is 0 Å². The van der Waals surface area contributed by atoms with Crippen LogP contribution in [0.5, 0.6) is 11.5 Å². The fourth-order valence-corrected chi connectivity index (χ4v) is 1.35. The summed E-state index contributed by atoms with van der Waals surface area (Å²) in [6, 6.07) is 4.74. The lowest BCUT2D eigenvalue weighted by Crippen LogP contribution is -2.40. The summed E-state index contributed by atoms with van der Waals surface area (Å²) >= 11 is 0. The van der Waals surface area contributed by atoms with E-state index in [2.05, 4.69) is 0 Å². The van der Waals surface area contributed by atoms with Crippen molar-refractivity contribution in [1.29, 1.82) is 0 Å². The fourth-order valence-electron chi connectivity index (χ4n) is 1.35. The van der Waals surface area contributed by atoms with Crippen molar-refractivity contribution < 1.29 is 19.1 Å². The number of benzene rings is 1. The first kappa shape index (κ1) is 14.0. The average Bonchev–Trinajstić information content (AvgIpc) is 2.37. The maximum Gasteiger partial charge on any atom is 0.274 e. The first-order valence-corrected chi connectivity index (χ1v) is 5.35. The Labute approximate surface area is 105 Å². The molecule has 0 saturated heterocycles. The number of Topliss-reactive ketones (excluding diaryl/α,β-unsaturated/α-hetero) is 1. The largest absolute Gasteiger partial charge is 0.493 e. The van der Waals surface area contributed by atoms with E-state index in [0.717, 1.165) is 0 Å². The average molecular weight is 252 g/mol.